The van der Waals surface area contributed by atoms with Crippen LogP contribution in [0.15, 0.2) is 0 Å². The van der Waals surface area contributed by atoms with E-state index < -0.39 is 18.0 Å². The molecule has 0 saturated heterocycles. The molecular formula is C14H23NO6. The van der Waals surface area contributed by atoms with E-state index in [4.69, 9.17) is 14.9 Å². The molecule has 7 heteroatoms. The van der Waals surface area contributed by atoms with Crippen molar-refractivity contribution in [1.82, 2.24) is 5.32 Å². The molecule has 1 saturated carbocycles. The summed E-state index contributed by atoms with van der Waals surface area (Å²) >= 11 is 0. The molecule has 0 radical (unpaired) electrons. The van der Waals surface area contributed by atoms with Crippen molar-refractivity contribution in [3.05, 3.63) is 0 Å². The largest absolute Gasteiger partial charge is 0.481 e. The van der Waals surface area contributed by atoms with Gasteiger partial charge in [-0.15, -0.1) is 0 Å². The van der Waals surface area contributed by atoms with Gasteiger partial charge >= 0.3 is 11.9 Å². The lowest BCUT2D eigenvalue weighted by molar-refractivity contribution is -0.143. The van der Waals surface area contributed by atoms with E-state index in [9.17, 15) is 14.4 Å². The van der Waals surface area contributed by atoms with E-state index in [1.165, 1.54) is 0 Å². The van der Waals surface area contributed by atoms with Crippen LogP contribution in [0, 0.1) is 5.92 Å². The second-order valence-corrected chi connectivity index (χ2v) is 5.36. The maximum atomic E-state index is 11.8. The Morgan fingerprint density at radius 2 is 1.95 bits per heavy atom. The van der Waals surface area contributed by atoms with Crippen LogP contribution in [0.5, 0.6) is 0 Å². The molecule has 7 nitrogen and oxygen atoms in total. The van der Waals surface area contributed by atoms with Crippen LogP contribution in [0.3, 0.4) is 0 Å². The first-order valence-corrected chi connectivity index (χ1v) is 7.28. The van der Waals surface area contributed by atoms with Gasteiger partial charge in [-0.05, 0) is 38.5 Å². The van der Waals surface area contributed by atoms with Gasteiger partial charge in [0.25, 0.3) is 0 Å². The van der Waals surface area contributed by atoms with Crippen molar-refractivity contribution in [3.63, 3.8) is 0 Å². The van der Waals surface area contributed by atoms with Crippen LogP contribution < -0.4 is 5.32 Å². The number of amides is 1. The highest BCUT2D eigenvalue weighted by Crippen LogP contribution is 2.32. The van der Waals surface area contributed by atoms with Crippen LogP contribution in [0.2, 0.25) is 0 Å². The zero-order chi connectivity index (χ0) is 15.8. The van der Waals surface area contributed by atoms with Crippen LogP contribution in [-0.2, 0) is 19.1 Å². The molecule has 0 heterocycles. The summed E-state index contributed by atoms with van der Waals surface area (Å²) in [6, 6.07) is -1.01. The molecule has 0 aromatic heterocycles. The van der Waals surface area contributed by atoms with Gasteiger partial charge in [0.05, 0.1) is 6.10 Å². The maximum Gasteiger partial charge on any atom is 0.326 e. The van der Waals surface area contributed by atoms with Crippen molar-refractivity contribution in [2.24, 2.45) is 5.92 Å². The summed E-state index contributed by atoms with van der Waals surface area (Å²) in [4.78, 5) is 33.2. The molecule has 0 bridgehead atoms. The Balaban J connectivity index is 2.26. The number of hydrogen-bond acceptors (Lipinski definition) is 4. The van der Waals surface area contributed by atoms with Gasteiger partial charge in [-0.1, -0.05) is 0 Å². The molecule has 0 unspecified atom stereocenters. The van der Waals surface area contributed by atoms with Gasteiger partial charge in [0.1, 0.15) is 6.04 Å². The van der Waals surface area contributed by atoms with Crippen molar-refractivity contribution in [2.75, 3.05) is 6.61 Å². The molecule has 3 N–H and O–H groups in total. The van der Waals surface area contributed by atoms with Crippen LogP contribution in [0.25, 0.3) is 0 Å². The molecule has 1 aliphatic rings. The number of carbonyl (C=O) groups is 3. The Bertz CT molecular complexity index is 378. The van der Waals surface area contributed by atoms with E-state index >= 15 is 0 Å². The first-order chi connectivity index (χ1) is 9.92. The zero-order valence-corrected chi connectivity index (χ0v) is 12.2. The fourth-order valence-corrected chi connectivity index (χ4v) is 2.44. The van der Waals surface area contributed by atoms with E-state index in [-0.39, 0.29) is 37.2 Å². The number of carboxylic acids is 2. The Morgan fingerprint density at radius 1 is 1.29 bits per heavy atom. The number of rotatable bonds is 10. The molecule has 0 aromatic rings. The van der Waals surface area contributed by atoms with Crippen molar-refractivity contribution in [3.8, 4) is 0 Å². The third-order valence-corrected chi connectivity index (χ3v) is 3.59. The summed E-state index contributed by atoms with van der Waals surface area (Å²) in [6.45, 7) is 2.59. The lowest BCUT2D eigenvalue weighted by Gasteiger charge is -2.34. The molecule has 21 heavy (non-hydrogen) atoms. The SMILES string of the molecule is CCOC1CC(CC(=O)N[C@H](CCCC(=O)O)C(=O)O)C1. The number of carbonyl (C=O) groups excluding carboxylic acids is 1. The Kier molecular flexibility index (Phi) is 7.14. The summed E-state index contributed by atoms with van der Waals surface area (Å²) in [5.41, 5.74) is 0. The highest BCUT2D eigenvalue weighted by molar-refractivity contribution is 5.83. The second kappa shape index (κ2) is 8.61. The molecule has 0 aliphatic heterocycles. The normalized spacial score (nSPS) is 22.1. The lowest BCUT2D eigenvalue weighted by Crippen LogP contribution is -2.43. The van der Waals surface area contributed by atoms with Crippen molar-refractivity contribution in [2.45, 2.75) is 57.6 Å². The van der Waals surface area contributed by atoms with E-state index in [2.05, 4.69) is 5.32 Å². The number of nitrogens with one attached hydrogen (secondary N) is 1. The van der Waals surface area contributed by atoms with Gasteiger partial charge in [0, 0.05) is 19.4 Å². The van der Waals surface area contributed by atoms with E-state index in [1.807, 2.05) is 6.92 Å². The Labute approximate surface area is 123 Å². The monoisotopic (exact) mass is 301 g/mol. The predicted molar refractivity (Wildman–Crippen MR) is 73.8 cm³/mol. The van der Waals surface area contributed by atoms with Crippen molar-refractivity contribution in [1.29, 1.82) is 0 Å². The van der Waals surface area contributed by atoms with Gasteiger partial charge in [-0.2, -0.15) is 0 Å². The first kappa shape index (κ1) is 17.4. The minimum Gasteiger partial charge on any atom is -0.481 e. The van der Waals surface area contributed by atoms with Crippen LogP contribution in [0.1, 0.15) is 45.4 Å². The Morgan fingerprint density at radius 3 is 2.48 bits per heavy atom. The molecular weight excluding hydrogens is 278 g/mol. The molecule has 1 fully saturated rings. The van der Waals surface area contributed by atoms with E-state index in [0.29, 0.717) is 13.0 Å². The van der Waals surface area contributed by atoms with Crippen molar-refractivity contribution >= 4 is 17.8 Å². The van der Waals surface area contributed by atoms with Crippen molar-refractivity contribution < 1.29 is 29.3 Å². The second-order valence-electron chi connectivity index (χ2n) is 5.36. The van der Waals surface area contributed by atoms with Crippen LogP contribution >= 0.6 is 0 Å². The average molecular weight is 301 g/mol. The fourth-order valence-electron chi connectivity index (χ4n) is 2.44. The molecule has 1 atom stereocenters. The predicted octanol–water partition coefficient (Wildman–Crippen LogP) is 1.02. The van der Waals surface area contributed by atoms with Gasteiger partial charge in [0.15, 0.2) is 0 Å². The molecule has 1 amide bonds. The number of carboxylic acid groups (broad SMARTS) is 2. The summed E-state index contributed by atoms with van der Waals surface area (Å²) in [5, 5.41) is 20.0. The number of aliphatic carboxylic acids is 2. The van der Waals surface area contributed by atoms with E-state index in [0.717, 1.165) is 12.8 Å². The van der Waals surface area contributed by atoms with Gasteiger partial charge in [0.2, 0.25) is 5.91 Å². The zero-order valence-electron chi connectivity index (χ0n) is 12.2. The van der Waals surface area contributed by atoms with E-state index in [1.54, 1.807) is 0 Å². The fraction of sp³-hybridized carbons (Fsp3) is 0.786. The standard InChI is InChI=1S/C14H23NO6/c1-2-21-10-6-9(7-10)8-12(16)15-11(14(19)20)4-3-5-13(17)18/h9-11H,2-8H2,1H3,(H,15,16)(H,17,18)(H,19,20)/t9?,10?,11-/m1/s1. The maximum absolute atomic E-state index is 11.8. The molecule has 0 spiro atoms. The summed E-state index contributed by atoms with van der Waals surface area (Å²) in [5.74, 6) is -2.15. The summed E-state index contributed by atoms with van der Waals surface area (Å²) < 4.78 is 5.40. The van der Waals surface area contributed by atoms with Gasteiger partial charge in [-0.25, -0.2) is 4.79 Å². The minimum absolute atomic E-state index is 0.0989. The highest BCUT2D eigenvalue weighted by Gasteiger charge is 2.32. The third kappa shape index (κ3) is 6.57. The van der Waals surface area contributed by atoms with Gasteiger partial charge in [-0.3, -0.25) is 9.59 Å². The highest BCUT2D eigenvalue weighted by atomic mass is 16.5. The minimum atomic E-state index is -1.13. The summed E-state index contributed by atoms with van der Waals surface area (Å²) in [7, 11) is 0. The molecule has 120 valence electrons. The Hall–Kier alpha value is -1.63. The van der Waals surface area contributed by atoms with Crippen LogP contribution in [0.4, 0.5) is 0 Å². The topological polar surface area (TPSA) is 113 Å². The summed E-state index contributed by atoms with van der Waals surface area (Å²) in [6.07, 6.45) is 2.43. The van der Waals surface area contributed by atoms with Gasteiger partial charge < -0.3 is 20.3 Å². The van der Waals surface area contributed by atoms with Crippen LogP contribution in [-0.4, -0.2) is 46.8 Å². The number of hydrogen-bond donors (Lipinski definition) is 3. The lowest BCUT2D eigenvalue weighted by atomic mass is 9.80. The molecule has 1 rings (SSSR count). The molecule has 1 aliphatic carbocycles. The quantitative estimate of drug-likeness (QED) is 0.555. The first-order valence-electron chi connectivity index (χ1n) is 7.28. The average Bonchev–Trinajstić information content (AvgIpc) is 2.34. The molecule has 0 aromatic carbocycles. The smallest absolute Gasteiger partial charge is 0.326 e. The third-order valence-electron chi connectivity index (χ3n) is 3.59. The number of ether oxygens (including phenoxy) is 1.